The van der Waals surface area contributed by atoms with Gasteiger partial charge in [0.1, 0.15) is 0 Å². The maximum Gasteiger partial charge on any atom is 0.289 e. The molecule has 0 saturated carbocycles. The SMILES string of the molecule is O=C(c1ncc[nH]1)N1CCC(C(O)c2cccs2)CC1. The standard InChI is InChI=1S/C14H17N3O2S/c18-12(11-2-1-9-20-11)10-3-7-17(8-4-10)14(19)13-15-5-6-16-13/h1-2,5-6,9-10,12,18H,3-4,7-8H2,(H,15,16). The van der Waals surface area contributed by atoms with Gasteiger partial charge in [-0.15, -0.1) is 11.3 Å². The van der Waals surface area contributed by atoms with Gasteiger partial charge in [0, 0.05) is 30.4 Å². The van der Waals surface area contributed by atoms with Crippen LogP contribution in [0.5, 0.6) is 0 Å². The molecule has 2 aromatic rings. The number of carbonyl (C=O) groups is 1. The molecule has 1 saturated heterocycles. The van der Waals surface area contributed by atoms with Gasteiger partial charge in [-0.05, 0) is 30.2 Å². The first-order chi connectivity index (χ1) is 9.75. The zero-order chi connectivity index (χ0) is 13.9. The molecule has 2 N–H and O–H groups in total. The molecule has 0 bridgehead atoms. The topological polar surface area (TPSA) is 69.2 Å². The Balaban J connectivity index is 1.58. The number of aromatic nitrogens is 2. The number of imidazole rings is 1. The molecule has 20 heavy (non-hydrogen) atoms. The van der Waals surface area contributed by atoms with Gasteiger partial charge >= 0.3 is 0 Å². The zero-order valence-corrected chi connectivity index (χ0v) is 11.8. The summed E-state index contributed by atoms with van der Waals surface area (Å²) in [5.74, 6) is 0.565. The average Bonchev–Trinajstić information content (AvgIpc) is 3.18. The van der Waals surface area contributed by atoms with Crippen LogP contribution in [0.15, 0.2) is 29.9 Å². The van der Waals surface area contributed by atoms with E-state index in [-0.39, 0.29) is 11.8 Å². The molecule has 0 spiro atoms. The van der Waals surface area contributed by atoms with E-state index < -0.39 is 6.10 Å². The summed E-state index contributed by atoms with van der Waals surface area (Å²) in [7, 11) is 0. The van der Waals surface area contributed by atoms with Crippen molar-refractivity contribution in [2.45, 2.75) is 18.9 Å². The van der Waals surface area contributed by atoms with Crippen LogP contribution in [0, 0.1) is 5.92 Å². The Kier molecular flexibility index (Phi) is 3.84. The Morgan fingerprint density at radius 2 is 2.30 bits per heavy atom. The minimum atomic E-state index is -0.407. The number of hydrogen-bond acceptors (Lipinski definition) is 4. The van der Waals surface area contributed by atoms with Crippen LogP contribution in [0.3, 0.4) is 0 Å². The molecule has 3 rings (SSSR count). The smallest absolute Gasteiger partial charge is 0.289 e. The number of aliphatic hydroxyl groups is 1. The van der Waals surface area contributed by atoms with Crippen molar-refractivity contribution in [2.75, 3.05) is 13.1 Å². The third-order valence-corrected chi connectivity index (χ3v) is 4.75. The van der Waals surface area contributed by atoms with Crippen molar-refractivity contribution in [1.29, 1.82) is 0 Å². The lowest BCUT2D eigenvalue weighted by Gasteiger charge is -2.33. The normalized spacial score (nSPS) is 18.1. The molecular formula is C14H17N3O2S. The predicted molar refractivity (Wildman–Crippen MR) is 76.5 cm³/mol. The van der Waals surface area contributed by atoms with E-state index >= 15 is 0 Å². The van der Waals surface area contributed by atoms with Crippen LogP contribution >= 0.6 is 11.3 Å². The number of hydrogen-bond donors (Lipinski definition) is 2. The summed E-state index contributed by atoms with van der Waals surface area (Å²) >= 11 is 1.58. The Hall–Kier alpha value is -1.66. The molecule has 106 valence electrons. The molecule has 2 aromatic heterocycles. The second-order valence-corrected chi connectivity index (χ2v) is 6.01. The lowest BCUT2D eigenvalue weighted by atomic mass is 9.90. The highest BCUT2D eigenvalue weighted by molar-refractivity contribution is 7.10. The van der Waals surface area contributed by atoms with Crippen molar-refractivity contribution >= 4 is 17.2 Å². The van der Waals surface area contributed by atoms with Gasteiger partial charge in [0.05, 0.1) is 6.10 Å². The molecule has 0 aliphatic carbocycles. The van der Waals surface area contributed by atoms with Crippen LogP contribution in [0.25, 0.3) is 0 Å². The van der Waals surface area contributed by atoms with E-state index in [9.17, 15) is 9.90 Å². The predicted octanol–water partition coefficient (Wildman–Crippen LogP) is 2.06. The molecule has 0 radical (unpaired) electrons. The number of nitrogens with zero attached hydrogens (tertiary/aromatic N) is 2. The van der Waals surface area contributed by atoms with Crippen molar-refractivity contribution in [2.24, 2.45) is 5.92 Å². The minimum Gasteiger partial charge on any atom is -0.387 e. The van der Waals surface area contributed by atoms with Gasteiger partial charge in [0.15, 0.2) is 5.82 Å². The molecule has 0 aromatic carbocycles. The minimum absolute atomic E-state index is 0.0564. The zero-order valence-electron chi connectivity index (χ0n) is 11.0. The fourth-order valence-electron chi connectivity index (χ4n) is 2.64. The van der Waals surface area contributed by atoms with E-state index in [4.69, 9.17) is 0 Å². The highest BCUT2D eigenvalue weighted by Crippen LogP contribution is 2.33. The van der Waals surface area contributed by atoms with Crippen LogP contribution in [0.1, 0.15) is 34.4 Å². The van der Waals surface area contributed by atoms with Crippen molar-refractivity contribution in [3.05, 3.63) is 40.6 Å². The van der Waals surface area contributed by atoms with Gasteiger partial charge in [0.2, 0.25) is 0 Å². The maximum atomic E-state index is 12.1. The highest BCUT2D eigenvalue weighted by atomic mass is 32.1. The monoisotopic (exact) mass is 291 g/mol. The van der Waals surface area contributed by atoms with Gasteiger partial charge < -0.3 is 15.0 Å². The van der Waals surface area contributed by atoms with E-state index in [2.05, 4.69) is 9.97 Å². The molecule has 1 unspecified atom stereocenters. The molecule has 1 atom stereocenters. The molecule has 1 fully saturated rings. The number of amides is 1. The first-order valence-electron chi connectivity index (χ1n) is 6.76. The summed E-state index contributed by atoms with van der Waals surface area (Å²) in [6, 6.07) is 3.93. The fourth-order valence-corrected chi connectivity index (χ4v) is 3.45. The van der Waals surface area contributed by atoms with Gasteiger partial charge in [0.25, 0.3) is 5.91 Å². The second kappa shape index (κ2) is 5.76. The summed E-state index contributed by atoms with van der Waals surface area (Å²) < 4.78 is 0. The van der Waals surface area contributed by atoms with Crippen molar-refractivity contribution in [3.8, 4) is 0 Å². The Bertz CT molecular complexity index is 545. The van der Waals surface area contributed by atoms with Crippen LogP contribution < -0.4 is 0 Å². The van der Waals surface area contributed by atoms with E-state index in [1.54, 1.807) is 28.6 Å². The number of thiophene rings is 1. The number of carbonyl (C=O) groups excluding carboxylic acids is 1. The van der Waals surface area contributed by atoms with Crippen LogP contribution in [-0.4, -0.2) is 39.0 Å². The number of rotatable bonds is 3. The number of aliphatic hydroxyl groups excluding tert-OH is 1. The Morgan fingerprint density at radius 1 is 1.50 bits per heavy atom. The summed E-state index contributed by atoms with van der Waals surface area (Å²) in [6.07, 6.45) is 4.48. The van der Waals surface area contributed by atoms with Gasteiger partial charge in [-0.2, -0.15) is 0 Å². The third-order valence-electron chi connectivity index (χ3n) is 3.81. The molecular weight excluding hydrogens is 274 g/mol. The maximum absolute atomic E-state index is 12.1. The van der Waals surface area contributed by atoms with E-state index in [1.807, 2.05) is 17.5 Å². The molecule has 3 heterocycles. The summed E-state index contributed by atoms with van der Waals surface area (Å²) in [6.45, 7) is 1.35. The van der Waals surface area contributed by atoms with Crippen molar-refractivity contribution in [3.63, 3.8) is 0 Å². The number of nitrogens with one attached hydrogen (secondary N) is 1. The molecule has 5 nitrogen and oxygen atoms in total. The van der Waals surface area contributed by atoms with E-state index in [0.717, 1.165) is 17.7 Å². The van der Waals surface area contributed by atoms with Crippen LogP contribution in [0.4, 0.5) is 0 Å². The van der Waals surface area contributed by atoms with Crippen molar-refractivity contribution < 1.29 is 9.90 Å². The average molecular weight is 291 g/mol. The van der Waals surface area contributed by atoms with Crippen molar-refractivity contribution in [1.82, 2.24) is 14.9 Å². The fraction of sp³-hybridized carbons (Fsp3) is 0.429. The Labute approximate surface area is 121 Å². The first kappa shape index (κ1) is 13.3. The van der Waals surface area contributed by atoms with E-state index in [0.29, 0.717) is 18.9 Å². The highest BCUT2D eigenvalue weighted by Gasteiger charge is 2.29. The third kappa shape index (κ3) is 2.62. The molecule has 1 amide bonds. The molecule has 1 aliphatic heterocycles. The van der Waals surface area contributed by atoms with Gasteiger partial charge in [-0.1, -0.05) is 6.07 Å². The first-order valence-corrected chi connectivity index (χ1v) is 7.64. The number of piperidine rings is 1. The van der Waals surface area contributed by atoms with Crippen LogP contribution in [-0.2, 0) is 0 Å². The van der Waals surface area contributed by atoms with Gasteiger partial charge in [-0.3, -0.25) is 4.79 Å². The van der Waals surface area contributed by atoms with Gasteiger partial charge in [-0.25, -0.2) is 4.98 Å². The lowest BCUT2D eigenvalue weighted by molar-refractivity contribution is 0.0467. The number of H-pyrrole nitrogens is 1. The lowest BCUT2D eigenvalue weighted by Crippen LogP contribution is -2.40. The summed E-state index contributed by atoms with van der Waals surface area (Å²) in [5, 5.41) is 12.3. The van der Waals surface area contributed by atoms with E-state index in [1.165, 1.54) is 0 Å². The quantitative estimate of drug-likeness (QED) is 0.909. The molecule has 6 heteroatoms. The second-order valence-electron chi connectivity index (χ2n) is 5.03. The Morgan fingerprint density at radius 3 is 2.90 bits per heavy atom. The summed E-state index contributed by atoms with van der Waals surface area (Å²) in [5.41, 5.74) is 0. The number of likely N-dealkylation sites (tertiary alicyclic amines) is 1. The molecule has 1 aliphatic rings. The van der Waals surface area contributed by atoms with Crippen LogP contribution in [0.2, 0.25) is 0 Å². The number of aromatic amines is 1. The largest absolute Gasteiger partial charge is 0.387 e. The summed E-state index contributed by atoms with van der Waals surface area (Å²) in [4.78, 5) is 21.8.